The van der Waals surface area contributed by atoms with Crippen LogP contribution >= 0.6 is 0 Å². The molecule has 4 heteroatoms. The maximum atomic E-state index is 10.9. The first kappa shape index (κ1) is 14.1. The molecule has 0 aromatic heterocycles. The molecule has 0 bridgehead atoms. The van der Waals surface area contributed by atoms with E-state index in [4.69, 9.17) is 5.11 Å². The van der Waals surface area contributed by atoms with Gasteiger partial charge in [0.25, 0.3) is 0 Å². The maximum Gasteiger partial charge on any atom is 0.411 e. The summed E-state index contributed by atoms with van der Waals surface area (Å²) in [5.41, 5.74) is 1.66. The monoisotopic (exact) mass is 248 g/mol. The third-order valence-electron chi connectivity index (χ3n) is 2.78. The first-order chi connectivity index (χ1) is 8.47. The molecule has 1 aromatic carbocycles. The van der Waals surface area contributed by atoms with Gasteiger partial charge in [0, 0.05) is 31.0 Å². The summed E-state index contributed by atoms with van der Waals surface area (Å²) in [6.45, 7) is 8.67. The largest absolute Gasteiger partial charge is 0.465 e. The van der Waals surface area contributed by atoms with Crippen LogP contribution < -0.4 is 9.80 Å². The molecule has 98 valence electrons. The van der Waals surface area contributed by atoms with Crippen molar-refractivity contribution < 1.29 is 9.90 Å². The molecule has 0 radical (unpaired) electrons. The highest BCUT2D eigenvalue weighted by atomic mass is 16.4. The molecular formula is C14H20N2O2. The molecular weight excluding hydrogens is 228 g/mol. The summed E-state index contributed by atoms with van der Waals surface area (Å²) < 4.78 is 0. The van der Waals surface area contributed by atoms with Crippen molar-refractivity contribution >= 4 is 17.5 Å². The Morgan fingerprint density at radius 2 is 2.06 bits per heavy atom. The van der Waals surface area contributed by atoms with Crippen LogP contribution in [0.2, 0.25) is 0 Å². The van der Waals surface area contributed by atoms with Gasteiger partial charge >= 0.3 is 6.09 Å². The Morgan fingerprint density at radius 1 is 1.44 bits per heavy atom. The molecule has 0 spiro atoms. The number of hydrogen-bond acceptors (Lipinski definition) is 2. The SMILES string of the molecule is C=CCN(c1cccc(N(C)C(=O)O)c1)C(C)C. The smallest absolute Gasteiger partial charge is 0.411 e. The van der Waals surface area contributed by atoms with E-state index in [9.17, 15) is 4.79 Å². The van der Waals surface area contributed by atoms with E-state index >= 15 is 0 Å². The molecule has 1 amide bonds. The average molecular weight is 248 g/mol. The number of nitrogens with zero attached hydrogens (tertiary/aromatic N) is 2. The number of rotatable bonds is 5. The van der Waals surface area contributed by atoms with Gasteiger partial charge in [0.2, 0.25) is 0 Å². The normalized spacial score (nSPS) is 10.2. The second kappa shape index (κ2) is 6.10. The minimum atomic E-state index is -0.966. The van der Waals surface area contributed by atoms with Crippen molar-refractivity contribution in [3.8, 4) is 0 Å². The van der Waals surface area contributed by atoms with Crippen LogP contribution in [0.5, 0.6) is 0 Å². The van der Waals surface area contributed by atoms with Crippen molar-refractivity contribution in [2.75, 3.05) is 23.4 Å². The predicted molar refractivity (Wildman–Crippen MR) is 75.5 cm³/mol. The fourth-order valence-corrected chi connectivity index (χ4v) is 1.74. The van der Waals surface area contributed by atoms with Gasteiger partial charge in [-0.2, -0.15) is 0 Å². The van der Waals surface area contributed by atoms with Crippen LogP contribution in [-0.2, 0) is 0 Å². The molecule has 0 saturated carbocycles. The summed E-state index contributed by atoms with van der Waals surface area (Å²) in [4.78, 5) is 14.3. The molecule has 1 rings (SSSR count). The molecule has 0 saturated heterocycles. The van der Waals surface area contributed by atoms with Crippen molar-refractivity contribution in [2.45, 2.75) is 19.9 Å². The van der Waals surface area contributed by atoms with Gasteiger partial charge in [-0.15, -0.1) is 6.58 Å². The highest BCUT2D eigenvalue weighted by Gasteiger charge is 2.12. The van der Waals surface area contributed by atoms with Crippen LogP contribution in [0, 0.1) is 0 Å². The van der Waals surface area contributed by atoms with E-state index in [2.05, 4.69) is 25.3 Å². The van der Waals surface area contributed by atoms with E-state index < -0.39 is 6.09 Å². The standard InChI is InChI=1S/C14H20N2O2/c1-5-9-16(11(2)3)13-8-6-7-12(10-13)15(4)14(17)18/h5-8,10-11H,1,9H2,2-4H3,(H,17,18). The van der Waals surface area contributed by atoms with E-state index in [0.717, 1.165) is 12.2 Å². The summed E-state index contributed by atoms with van der Waals surface area (Å²) in [5.74, 6) is 0. The molecule has 0 aliphatic heterocycles. The van der Waals surface area contributed by atoms with Gasteiger partial charge in [-0.05, 0) is 32.0 Å². The van der Waals surface area contributed by atoms with Crippen molar-refractivity contribution in [1.29, 1.82) is 0 Å². The molecule has 0 aliphatic carbocycles. The zero-order chi connectivity index (χ0) is 13.7. The highest BCUT2D eigenvalue weighted by molar-refractivity contribution is 5.86. The molecule has 1 N–H and O–H groups in total. The van der Waals surface area contributed by atoms with Crippen LogP contribution in [-0.4, -0.2) is 30.8 Å². The van der Waals surface area contributed by atoms with E-state index in [1.165, 1.54) is 11.9 Å². The van der Waals surface area contributed by atoms with E-state index in [0.29, 0.717) is 11.7 Å². The maximum absolute atomic E-state index is 10.9. The molecule has 1 aromatic rings. The lowest BCUT2D eigenvalue weighted by Crippen LogP contribution is -2.31. The molecule has 0 fully saturated rings. The minimum absolute atomic E-state index is 0.327. The molecule has 18 heavy (non-hydrogen) atoms. The fourth-order valence-electron chi connectivity index (χ4n) is 1.74. The van der Waals surface area contributed by atoms with Gasteiger partial charge in [-0.1, -0.05) is 12.1 Å². The van der Waals surface area contributed by atoms with Gasteiger partial charge in [0.15, 0.2) is 0 Å². The third-order valence-corrected chi connectivity index (χ3v) is 2.78. The van der Waals surface area contributed by atoms with E-state index in [1.807, 2.05) is 24.3 Å². The Kier molecular flexibility index (Phi) is 4.77. The number of benzene rings is 1. The third kappa shape index (κ3) is 3.26. The zero-order valence-electron chi connectivity index (χ0n) is 11.1. The van der Waals surface area contributed by atoms with Crippen LogP contribution in [0.1, 0.15) is 13.8 Å². The van der Waals surface area contributed by atoms with Crippen molar-refractivity contribution in [3.05, 3.63) is 36.9 Å². The summed E-state index contributed by atoms with van der Waals surface area (Å²) in [7, 11) is 1.54. The summed E-state index contributed by atoms with van der Waals surface area (Å²) in [5, 5.41) is 8.97. The van der Waals surface area contributed by atoms with Gasteiger partial charge in [-0.3, -0.25) is 4.90 Å². The van der Waals surface area contributed by atoms with E-state index in [1.54, 1.807) is 6.07 Å². The van der Waals surface area contributed by atoms with E-state index in [-0.39, 0.29) is 0 Å². The molecule has 4 nitrogen and oxygen atoms in total. The second-order valence-corrected chi connectivity index (χ2v) is 4.40. The number of hydrogen-bond donors (Lipinski definition) is 1. The Morgan fingerprint density at radius 3 is 2.56 bits per heavy atom. The quantitative estimate of drug-likeness (QED) is 0.814. The van der Waals surface area contributed by atoms with Crippen molar-refractivity contribution in [1.82, 2.24) is 0 Å². The molecule has 0 atom stereocenters. The Hall–Kier alpha value is -1.97. The fraction of sp³-hybridized carbons (Fsp3) is 0.357. The predicted octanol–water partition coefficient (Wildman–Crippen LogP) is 3.20. The van der Waals surface area contributed by atoms with Crippen LogP contribution in [0.25, 0.3) is 0 Å². The zero-order valence-corrected chi connectivity index (χ0v) is 11.1. The van der Waals surface area contributed by atoms with Crippen molar-refractivity contribution in [2.24, 2.45) is 0 Å². The number of anilines is 2. The van der Waals surface area contributed by atoms with Gasteiger partial charge in [0.1, 0.15) is 0 Å². The lowest BCUT2D eigenvalue weighted by Gasteiger charge is -2.28. The first-order valence-corrected chi connectivity index (χ1v) is 5.91. The lowest BCUT2D eigenvalue weighted by atomic mass is 10.2. The van der Waals surface area contributed by atoms with Gasteiger partial charge in [-0.25, -0.2) is 4.79 Å². The van der Waals surface area contributed by atoms with Crippen LogP contribution in [0.3, 0.4) is 0 Å². The Labute approximate surface area is 108 Å². The second-order valence-electron chi connectivity index (χ2n) is 4.40. The summed E-state index contributed by atoms with van der Waals surface area (Å²) >= 11 is 0. The molecule has 0 aliphatic rings. The first-order valence-electron chi connectivity index (χ1n) is 5.91. The molecule has 0 unspecified atom stereocenters. The Balaban J connectivity index is 3.06. The lowest BCUT2D eigenvalue weighted by molar-refractivity contribution is 0.203. The number of carbonyl (C=O) groups is 1. The summed E-state index contributed by atoms with van der Waals surface area (Å²) in [6.07, 6.45) is 0.875. The van der Waals surface area contributed by atoms with Gasteiger partial charge in [0.05, 0.1) is 0 Å². The topological polar surface area (TPSA) is 43.8 Å². The molecule has 0 heterocycles. The number of amides is 1. The summed E-state index contributed by atoms with van der Waals surface area (Å²) in [6, 6.07) is 7.82. The average Bonchev–Trinajstić information content (AvgIpc) is 2.34. The Bertz CT molecular complexity index is 430. The number of carboxylic acid groups (broad SMARTS) is 1. The van der Waals surface area contributed by atoms with Crippen LogP contribution in [0.4, 0.5) is 16.2 Å². The van der Waals surface area contributed by atoms with Gasteiger partial charge < -0.3 is 10.0 Å². The minimum Gasteiger partial charge on any atom is -0.465 e. The highest BCUT2D eigenvalue weighted by Crippen LogP contribution is 2.23. The van der Waals surface area contributed by atoms with Crippen molar-refractivity contribution in [3.63, 3.8) is 0 Å². The van der Waals surface area contributed by atoms with Crippen LogP contribution in [0.15, 0.2) is 36.9 Å².